The fraction of sp³-hybridized carbons (Fsp3) is 0.529. The lowest BCUT2D eigenvalue weighted by Gasteiger charge is -2.15. The molecule has 1 aliphatic heterocycles. The van der Waals surface area contributed by atoms with Crippen LogP contribution in [0.5, 0.6) is 0 Å². The van der Waals surface area contributed by atoms with Crippen LogP contribution in [0.2, 0.25) is 0 Å². The fourth-order valence-electron chi connectivity index (χ4n) is 2.79. The summed E-state index contributed by atoms with van der Waals surface area (Å²) in [6.45, 7) is 7.84. The Morgan fingerprint density at radius 1 is 1.27 bits per heavy atom. The van der Waals surface area contributed by atoms with Crippen LogP contribution in [0.3, 0.4) is 0 Å². The molecule has 0 spiro atoms. The number of hydrogen-bond acceptors (Lipinski definition) is 6. The van der Waals surface area contributed by atoms with Crippen LogP contribution in [-0.4, -0.2) is 45.6 Å². The second-order valence-corrected chi connectivity index (χ2v) is 9.89. The van der Waals surface area contributed by atoms with Crippen LogP contribution in [0.4, 0.5) is 5.82 Å². The molecule has 1 fully saturated rings. The van der Waals surface area contributed by atoms with Crippen molar-refractivity contribution in [3.8, 4) is 0 Å². The number of nitrogens with zero attached hydrogens (tertiary/aromatic N) is 4. The van der Waals surface area contributed by atoms with Crippen LogP contribution >= 0.6 is 0 Å². The lowest BCUT2D eigenvalue weighted by molar-refractivity contribution is 0.102. The quantitative estimate of drug-likeness (QED) is 0.875. The molecule has 26 heavy (non-hydrogen) atoms. The molecule has 0 bridgehead atoms. The SMILES string of the molecule is Cc1cnc(C(=O)Nc2cc(C(C)(C)C)nn2C2CCS(=O)(=O)C2)cn1. The van der Waals surface area contributed by atoms with Crippen LogP contribution in [0.1, 0.15) is 55.1 Å². The molecule has 140 valence electrons. The molecule has 1 aliphatic rings. The summed E-state index contributed by atoms with van der Waals surface area (Å²) in [4.78, 5) is 20.7. The van der Waals surface area contributed by atoms with Crippen LogP contribution in [0.25, 0.3) is 0 Å². The molecule has 2 aromatic heterocycles. The Morgan fingerprint density at radius 3 is 2.54 bits per heavy atom. The zero-order valence-corrected chi connectivity index (χ0v) is 16.2. The van der Waals surface area contributed by atoms with Crippen molar-refractivity contribution in [3.05, 3.63) is 35.5 Å². The molecular formula is C17H23N5O3S. The highest BCUT2D eigenvalue weighted by atomic mass is 32.2. The maximum atomic E-state index is 12.5. The summed E-state index contributed by atoms with van der Waals surface area (Å²) < 4.78 is 25.3. The van der Waals surface area contributed by atoms with Gasteiger partial charge < -0.3 is 5.32 Å². The highest BCUT2D eigenvalue weighted by Crippen LogP contribution is 2.31. The van der Waals surface area contributed by atoms with Crippen molar-refractivity contribution in [1.82, 2.24) is 19.7 Å². The van der Waals surface area contributed by atoms with Crippen molar-refractivity contribution in [3.63, 3.8) is 0 Å². The summed E-state index contributed by atoms with van der Waals surface area (Å²) >= 11 is 0. The van der Waals surface area contributed by atoms with Crippen molar-refractivity contribution in [1.29, 1.82) is 0 Å². The smallest absolute Gasteiger partial charge is 0.277 e. The van der Waals surface area contributed by atoms with Crippen LogP contribution in [-0.2, 0) is 15.3 Å². The van der Waals surface area contributed by atoms with E-state index >= 15 is 0 Å². The zero-order chi connectivity index (χ0) is 19.1. The lowest BCUT2D eigenvalue weighted by atomic mass is 9.92. The van der Waals surface area contributed by atoms with Gasteiger partial charge in [-0.2, -0.15) is 5.10 Å². The number of rotatable bonds is 3. The minimum atomic E-state index is -3.07. The average Bonchev–Trinajstić information content (AvgIpc) is 3.10. The second kappa shape index (κ2) is 6.46. The van der Waals surface area contributed by atoms with Gasteiger partial charge in [-0.15, -0.1) is 0 Å². The Labute approximate surface area is 153 Å². The molecule has 1 amide bonds. The number of aryl methyl sites for hydroxylation is 1. The minimum absolute atomic E-state index is 0.0332. The largest absolute Gasteiger partial charge is 0.305 e. The molecule has 1 N–H and O–H groups in total. The first-order chi connectivity index (χ1) is 12.0. The highest BCUT2D eigenvalue weighted by molar-refractivity contribution is 7.91. The van der Waals surface area contributed by atoms with Gasteiger partial charge >= 0.3 is 0 Å². The zero-order valence-electron chi connectivity index (χ0n) is 15.4. The van der Waals surface area contributed by atoms with Gasteiger partial charge in [0.05, 0.1) is 35.1 Å². The minimum Gasteiger partial charge on any atom is -0.305 e. The first-order valence-electron chi connectivity index (χ1n) is 8.46. The van der Waals surface area contributed by atoms with E-state index in [1.807, 2.05) is 20.8 Å². The topological polar surface area (TPSA) is 107 Å². The third-order valence-corrected chi connectivity index (χ3v) is 6.06. The summed E-state index contributed by atoms with van der Waals surface area (Å²) in [7, 11) is -3.07. The molecule has 0 radical (unpaired) electrons. The first-order valence-corrected chi connectivity index (χ1v) is 10.3. The monoisotopic (exact) mass is 377 g/mol. The number of carbonyl (C=O) groups is 1. The fourth-order valence-corrected chi connectivity index (χ4v) is 4.48. The standard InChI is InChI=1S/C17H23N5O3S/c1-11-8-19-13(9-18-11)16(23)20-15-7-14(17(2,3)4)21-22(15)12-5-6-26(24,25)10-12/h7-9,12H,5-6,10H2,1-4H3,(H,20,23). The molecule has 9 heteroatoms. The van der Waals surface area contributed by atoms with E-state index in [9.17, 15) is 13.2 Å². The van der Waals surface area contributed by atoms with E-state index in [4.69, 9.17) is 0 Å². The van der Waals surface area contributed by atoms with Crippen LogP contribution in [0, 0.1) is 6.92 Å². The molecule has 1 unspecified atom stereocenters. The van der Waals surface area contributed by atoms with E-state index in [1.54, 1.807) is 17.7 Å². The highest BCUT2D eigenvalue weighted by Gasteiger charge is 2.33. The number of sulfone groups is 1. The first kappa shape index (κ1) is 18.5. The van der Waals surface area contributed by atoms with Crippen LogP contribution < -0.4 is 5.32 Å². The van der Waals surface area contributed by atoms with Gasteiger partial charge in [0, 0.05) is 17.7 Å². The lowest BCUT2D eigenvalue weighted by Crippen LogP contribution is -2.20. The Hall–Kier alpha value is -2.29. The Balaban J connectivity index is 1.93. The summed E-state index contributed by atoms with van der Waals surface area (Å²) in [5.41, 5.74) is 1.47. The van der Waals surface area contributed by atoms with Gasteiger partial charge in [-0.05, 0) is 13.3 Å². The number of hydrogen-bond donors (Lipinski definition) is 1. The average molecular weight is 377 g/mol. The van der Waals surface area contributed by atoms with E-state index in [0.29, 0.717) is 12.2 Å². The number of aromatic nitrogens is 4. The maximum absolute atomic E-state index is 12.5. The second-order valence-electron chi connectivity index (χ2n) is 7.66. The molecule has 1 atom stereocenters. The van der Waals surface area contributed by atoms with Crippen LogP contribution in [0.15, 0.2) is 18.5 Å². The predicted molar refractivity (Wildman–Crippen MR) is 98.0 cm³/mol. The van der Waals surface area contributed by atoms with Gasteiger partial charge in [-0.1, -0.05) is 20.8 Å². The predicted octanol–water partition coefficient (Wildman–Crippen LogP) is 1.89. The maximum Gasteiger partial charge on any atom is 0.277 e. The van der Waals surface area contributed by atoms with Crippen molar-refractivity contribution in [2.24, 2.45) is 0 Å². The number of anilines is 1. The van der Waals surface area contributed by atoms with Crippen molar-refractivity contribution < 1.29 is 13.2 Å². The molecule has 0 saturated carbocycles. The van der Waals surface area contributed by atoms with Gasteiger partial charge in [0.2, 0.25) is 0 Å². The van der Waals surface area contributed by atoms with E-state index in [-0.39, 0.29) is 28.7 Å². The summed E-state index contributed by atoms with van der Waals surface area (Å²) in [5, 5.41) is 7.40. The molecule has 8 nitrogen and oxygen atoms in total. The van der Waals surface area contributed by atoms with Gasteiger partial charge in [0.25, 0.3) is 5.91 Å². The number of amides is 1. The van der Waals surface area contributed by atoms with Gasteiger partial charge in [-0.25, -0.2) is 18.1 Å². The van der Waals surface area contributed by atoms with Crippen molar-refractivity contribution >= 4 is 21.6 Å². The third kappa shape index (κ3) is 3.92. The van der Waals surface area contributed by atoms with Gasteiger partial charge in [0.15, 0.2) is 9.84 Å². The third-order valence-electron chi connectivity index (χ3n) is 4.31. The molecule has 3 rings (SSSR count). The Bertz CT molecular complexity index is 926. The molecule has 2 aromatic rings. The Morgan fingerprint density at radius 2 is 2.00 bits per heavy atom. The Kier molecular flexibility index (Phi) is 4.60. The van der Waals surface area contributed by atoms with Crippen molar-refractivity contribution in [2.45, 2.75) is 45.6 Å². The van der Waals surface area contributed by atoms with E-state index < -0.39 is 15.7 Å². The van der Waals surface area contributed by atoms with Gasteiger partial charge in [0.1, 0.15) is 11.5 Å². The summed E-state index contributed by atoms with van der Waals surface area (Å²) in [5.74, 6) is 0.245. The molecular weight excluding hydrogens is 354 g/mol. The van der Waals surface area contributed by atoms with Gasteiger partial charge in [-0.3, -0.25) is 9.78 Å². The number of carbonyl (C=O) groups excluding carboxylic acids is 1. The van der Waals surface area contributed by atoms with E-state index in [1.165, 1.54) is 12.4 Å². The van der Waals surface area contributed by atoms with Crippen molar-refractivity contribution in [2.75, 3.05) is 16.8 Å². The molecule has 0 aromatic carbocycles. The summed E-state index contributed by atoms with van der Waals surface area (Å²) in [6.07, 6.45) is 3.42. The van der Waals surface area contributed by atoms with E-state index in [2.05, 4.69) is 20.4 Å². The normalized spacial score (nSPS) is 19.5. The van der Waals surface area contributed by atoms with E-state index in [0.717, 1.165) is 11.4 Å². The molecule has 0 aliphatic carbocycles. The molecule has 1 saturated heterocycles. The number of nitrogens with one attached hydrogen (secondary N) is 1. The summed E-state index contributed by atoms with van der Waals surface area (Å²) in [6, 6.07) is 1.51. The molecule has 3 heterocycles.